The third-order valence-corrected chi connectivity index (χ3v) is 2.01. The highest BCUT2D eigenvalue weighted by Crippen LogP contribution is 1.99. The fraction of sp³-hybridized carbons (Fsp3) is 0.300. The Balaban J connectivity index is 2.20. The minimum atomic E-state index is -0.753. The fourth-order valence-electron chi connectivity index (χ4n) is 1.08. The van der Waals surface area contributed by atoms with Crippen molar-refractivity contribution in [2.45, 2.75) is 6.42 Å². The number of amides is 2. The van der Waals surface area contributed by atoms with Crippen molar-refractivity contribution < 1.29 is 14.0 Å². The largest absolute Gasteiger partial charge is 0.469 e. The predicted octanol–water partition coefficient (Wildman–Crippen LogP) is -0.659. The summed E-state index contributed by atoms with van der Waals surface area (Å²) in [6.07, 6.45) is 2.08. The highest BCUT2D eigenvalue weighted by molar-refractivity contribution is 7.80. The van der Waals surface area contributed by atoms with Crippen molar-refractivity contribution in [3.8, 4) is 0 Å². The first-order valence-corrected chi connectivity index (χ1v) is 5.37. The maximum absolute atomic E-state index is 11.2. The monoisotopic (exact) mass is 255 g/mol. The smallest absolute Gasteiger partial charge is 0.309 e. The van der Waals surface area contributed by atoms with E-state index in [0.29, 0.717) is 13.0 Å². The van der Waals surface area contributed by atoms with Crippen LogP contribution in [0.25, 0.3) is 0 Å². The van der Waals surface area contributed by atoms with Crippen LogP contribution in [0.4, 0.5) is 0 Å². The van der Waals surface area contributed by atoms with Gasteiger partial charge in [0.1, 0.15) is 5.76 Å². The summed E-state index contributed by atoms with van der Waals surface area (Å²) in [6.45, 7) is 0.340. The molecule has 0 aliphatic heterocycles. The van der Waals surface area contributed by atoms with E-state index in [0.717, 1.165) is 5.76 Å². The number of rotatable bonds is 5. The van der Waals surface area contributed by atoms with Crippen molar-refractivity contribution in [2.75, 3.05) is 13.1 Å². The molecule has 0 radical (unpaired) electrons. The Hall–Kier alpha value is -1.89. The molecule has 1 aromatic heterocycles. The zero-order valence-electron chi connectivity index (χ0n) is 9.06. The van der Waals surface area contributed by atoms with Gasteiger partial charge >= 0.3 is 11.8 Å². The summed E-state index contributed by atoms with van der Waals surface area (Å²) in [5, 5.41) is 4.73. The molecule has 6 nitrogen and oxygen atoms in total. The number of nitrogens with one attached hydrogen (secondary N) is 2. The molecule has 0 saturated heterocycles. The molecule has 0 atom stereocenters. The van der Waals surface area contributed by atoms with Crippen LogP contribution < -0.4 is 16.4 Å². The summed E-state index contributed by atoms with van der Waals surface area (Å²) in [5.74, 6) is -0.723. The summed E-state index contributed by atoms with van der Waals surface area (Å²) in [6, 6.07) is 3.55. The quantitative estimate of drug-likeness (QED) is 0.479. The van der Waals surface area contributed by atoms with Gasteiger partial charge < -0.3 is 20.8 Å². The van der Waals surface area contributed by atoms with Crippen molar-refractivity contribution in [1.82, 2.24) is 10.6 Å². The second-order valence-corrected chi connectivity index (χ2v) is 3.76. The summed E-state index contributed by atoms with van der Waals surface area (Å²) in [5.41, 5.74) is 5.18. The Morgan fingerprint density at radius 3 is 2.65 bits per heavy atom. The summed E-state index contributed by atoms with van der Waals surface area (Å²) < 4.78 is 5.07. The van der Waals surface area contributed by atoms with Gasteiger partial charge in [-0.25, -0.2) is 0 Å². The van der Waals surface area contributed by atoms with E-state index in [1.165, 1.54) is 0 Å². The SMILES string of the molecule is NC(=S)CNC(=O)C(=O)NCCc1ccco1. The van der Waals surface area contributed by atoms with Crippen LogP contribution in [0.5, 0.6) is 0 Å². The molecule has 0 saturated carbocycles. The van der Waals surface area contributed by atoms with Gasteiger partial charge in [0.25, 0.3) is 0 Å². The fourth-order valence-corrected chi connectivity index (χ4v) is 1.15. The Morgan fingerprint density at radius 2 is 2.06 bits per heavy atom. The van der Waals surface area contributed by atoms with E-state index in [9.17, 15) is 9.59 Å². The molecule has 0 aromatic carbocycles. The van der Waals surface area contributed by atoms with Crippen LogP contribution in [0.15, 0.2) is 22.8 Å². The van der Waals surface area contributed by atoms with Crippen LogP contribution >= 0.6 is 12.2 Å². The number of carbonyl (C=O) groups is 2. The number of hydrogen-bond acceptors (Lipinski definition) is 4. The summed E-state index contributed by atoms with van der Waals surface area (Å²) in [4.78, 5) is 22.6. The van der Waals surface area contributed by atoms with Crippen molar-refractivity contribution in [2.24, 2.45) is 5.73 Å². The van der Waals surface area contributed by atoms with Crippen molar-refractivity contribution >= 4 is 29.0 Å². The normalized spacial score (nSPS) is 9.65. The third-order valence-electron chi connectivity index (χ3n) is 1.87. The van der Waals surface area contributed by atoms with Gasteiger partial charge in [-0.3, -0.25) is 9.59 Å². The van der Waals surface area contributed by atoms with Crippen LogP contribution in [-0.4, -0.2) is 29.9 Å². The van der Waals surface area contributed by atoms with Gasteiger partial charge in [-0.1, -0.05) is 12.2 Å². The lowest BCUT2D eigenvalue weighted by Crippen LogP contribution is -2.43. The number of hydrogen-bond donors (Lipinski definition) is 3. The topological polar surface area (TPSA) is 97.4 Å². The molecular weight excluding hydrogens is 242 g/mol. The van der Waals surface area contributed by atoms with Crippen LogP contribution in [-0.2, 0) is 16.0 Å². The average Bonchev–Trinajstić information content (AvgIpc) is 2.78. The van der Waals surface area contributed by atoms with E-state index in [1.807, 2.05) is 0 Å². The second kappa shape index (κ2) is 6.64. The molecule has 0 aliphatic carbocycles. The predicted molar refractivity (Wildman–Crippen MR) is 65.2 cm³/mol. The van der Waals surface area contributed by atoms with Crippen LogP contribution in [0.3, 0.4) is 0 Å². The zero-order valence-corrected chi connectivity index (χ0v) is 9.88. The first-order valence-electron chi connectivity index (χ1n) is 4.96. The molecule has 2 amide bonds. The van der Waals surface area contributed by atoms with Crippen molar-refractivity contribution in [3.63, 3.8) is 0 Å². The number of nitrogens with two attached hydrogens (primary N) is 1. The molecule has 17 heavy (non-hydrogen) atoms. The first-order chi connectivity index (χ1) is 8.09. The molecule has 0 bridgehead atoms. The lowest BCUT2D eigenvalue weighted by atomic mass is 10.3. The summed E-state index contributed by atoms with van der Waals surface area (Å²) >= 11 is 4.56. The molecule has 0 fully saturated rings. The van der Waals surface area contributed by atoms with Crippen molar-refractivity contribution in [1.29, 1.82) is 0 Å². The second-order valence-electron chi connectivity index (χ2n) is 3.23. The molecular formula is C10H13N3O3S. The molecule has 0 spiro atoms. The van der Waals surface area contributed by atoms with E-state index in [2.05, 4.69) is 22.9 Å². The highest BCUT2D eigenvalue weighted by atomic mass is 32.1. The average molecular weight is 255 g/mol. The van der Waals surface area contributed by atoms with Gasteiger partial charge in [0.05, 0.1) is 17.8 Å². The molecule has 1 rings (SSSR count). The maximum Gasteiger partial charge on any atom is 0.309 e. The van der Waals surface area contributed by atoms with Gasteiger partial charge in [-0.05, 0) is 12.1 Å². The van der Waals surface area contributed by atoms with Gasteiger partial charge in [-0.2, -0.15) is 0 Å². The molecule has 1 aromatic rings. The number of thiocarbonyl (C=S) groups is 1. The van der Waals surface area contributed by atoms with E-state index in [-0.39, 0.29) is 11.5 Å². The van der Waals surface area contributed by atoms with Crippen LogP contribution in [0.1, 0.15) is 5.76 Å². The highest BCUT2D eigenvalue weighted by Gasteiger charge is 2.12. The minimum Gasteiger partial charge on any atom is -0.469 e. The van der Waals surface area contributed by atoms with Gasteiger partial charge in [0.15, 0.2) is 0 Å². The Labute approximate surface area is 104 Å². The van der Waals surface area contributed by atoms with Gasteiger partial charge in [-0.15, -0.1) is 0 Å². The molecule has 0 aliphatic rings. The van der Waals surface area contributed by atoms with Crippen molar-refractivity contribution in [3.05, 3.63) is 24.2 Å². The third kappa shape index (κ3) is 5.12. The van der Waals surface area contributed by atoms with E-state index in [4.69, 9.17) is 10.2 Å². The zero-order chi connectivity index (χ0) is 12.7. The van der Waals surface area contributed by atoms with E-state index < -0.39 is 11.8 Å². The van der Waals surface area contributed by atoms with Crippen LogP contribution in [0.2, 0.25) is 0 Å². The minimum absolute atomic E-state index is 0.0137. The number of furan rings is 1. The van der Waals surface area contributed by atoms with E-state index in [1.54, 1.807) is 18.4 Å². The number of carbonyl (C=O) groups excluding carboxylic acids is 2. The molecule has 0 unspecified atom stereocenters. The van der Waals surface area contributed by atoms with Gasteiger partial charge in [0, 0.05) is 13.0 Å². The first kappa shape index (κ1) is 13.2. The Bertz CT molecular complexity index is 403. The van der Waals surface area contributed by atoms with E-state index >= 15 is 0 Å². The molecule has 1 heterocycles. The maximum atomic E-state index is 11.2. The molecule has 92 valence electrons. The standard InChI is InChI=1S/C10H13N3O3S/c11-8(17)6-13-10(15)9(14)12-4-3-7-2-1-5-16-7/h1-2,5H,3-4,6H2,(H2,11,17)(H,12,14)(H,13,15). The lowest BCUT2D eigenvalue weighted by molar-refractivity contribution is -0.139. The molecule has 7 heteroatoms. The van der Waals surface area contributed by atoms with Crippen LogP contribution in [0, 0.1) is 0 Å². The lowest BCUT2D eigenvalue weighted by Gasteiger charge is -2.04. The molecule has 4 N–H and O–H groups in total. The Morgan fingerprint density at radius 1 is 1.35 bits per heavy atom. The summed E-state index contributed by atoms with van der Waals surface area (Å²) in [7, 11) is 0. The Kier molecular flexibility index (Phi) is 5.15. The van der Waals surface area contributed by atoms with Gasteiger partial charge in [0.2, 0.25) is 0 Å².